The molecule has 1 saturated heterocycles. The van der Waals surface area contributed by atoms with Gasteiger partial charge in [0.1, 0.15) is 7.85 Å². The van der Waals surface area contributed by atoms with Gasteiger partial charge in [0.2, 0.25) is 0 Å². The van der Waals surface area contributed by atoms with Crippen molar-refractivity contribution in [2.75, 3.05) is 7.11 Å². The summed E-state index contributed by atoms with van der Waals surface area (Å²) in [5.41, 5.74) is 0. The van der Waals surface area contributed by atoms with E-state index in [4.69, 9.17) is 18.4 Å². The van der Waals surface area contributed by atoms with Gasteiger partial charge in [0.15, 0.2) is 1.28 Å². The van der Waals surface area contributed by atoms with E-state index in [9.17, 15) is 4.57 Å². The second-order valence-corrected chi connectivity index (χ2v) is 4.41. The molecule has 6 heteroatoms. The Balaban J connectivity index is 2.70. The van der Waals surface area contributed by atoms with Crippen molar-refractivity contribution in [2.24, 2.45) is 5.92 Å². The molecule has 0 amide bonds. The van der Waals surface area contributed by atoms with Crippen molar-refractivity contribution in [3.8, 4) is 0 Å². The Morgan fingerprint density at radius 2 is 2.36 bits per heavy atom. The Bertz CT molecular complexity index is 265. The molecule has 2 radical (unpaired) electrons. The Labute approximate surface area is 87.9 Å². The zero-order valence-electron chi connectivity index (χ0n) is 9.67. The van der Waals surface area contributed by atoms with Gasteiger partial charge >= 0.3 is 8.20 Å². The maximum atomic E-state index is 11.4. The third-order valence-electron chi connectivity index (χ3n) is 2.49. The van der Waals surface area contributed by atoms with E-state index in [-0.39, 0.29) is 12.0 Å². The monoisotopic (exact) mass is 219 g/mol. The molecule has 0 N–H and O–H groups in total. The van der Waals surface area contributed by atoms with Gasteiger partial charge in [-0.2, -0.15) is 0 Å². The first-order chi connectivity index (χ1) is 6.91. The summed E-state index contributed by atoms with van der Waals surface area (Å²) in [5, 5.41) is 0. The molecule has 0 aromatic heterocycles. The van der Waals surface area contributed by atoms with Crippen LogP contribution in [0, 0.1) is 5.92 Å². The molecule has 1 fully saturated rings. The SMILES string of the molecule is [2H]P(=O)(OC)OC1C(CC)OC([B])C1C. The minimum atomic E-state index is -3.72. The first-order valence-corrected chi connectivity index (χ1v) is 5.78. The van der Waals surface area contributed by atoms with E-state index in [1.54, 1.807) is 0 Å². The van der Waals surface area contributed by atoms with E-state index in [1.807, 2.05) is 13.8 Å². The molecule has 0 spiro atoms. The molecule has 5 unspecified atom stereocenters. The molecule has 4 nitrogen and oxygen atoms in total. The molecule has 1 aliphatic heterocycles. The summed E-state index contributed by atoms with van der Waals surface area (Å²) in [5.74, 6) is -0.0937. The van der Waals surface area contributed by atoms with E-state index < -0.39 is 20.3 Å². The second kappa shape index (κ2) is 5.31. The normalized spacial score (nSPS) is 43.2. The molecular weight excluding hydrogens is 202 g/mol. The third kappa shape index (κ3) is 2.60. The summed E-state index contributed by atoms with van der Waals surface area (Å²) >= 11 is 0. The lowest BCUT2D eigenvalue weighted by molar-refractivity contribution is 0.0373. The second-order valence-electron chi connectivity index (χ2n) is 3.38. The van der Waals surface area contributed by atoms with Crippen LogP contribution in [0.4, 0.5) is 0 Å². The van der Waals surface area contributed by atoms with Gasteiger partial charge in [-0.3, -0.25) is 4.57 Å². The summed E-state index contributed by atoms with van der Waals surface area (Å²) in [4.78, 5) is 0. The third-order valence-corrected chi connectivity index (χ3v) is 3.21. The molecule has 0 aliphatic carbocycles. The minimum Gasteiger partial charge on any atom is -0.382 e. The van der Waals surface area contributed by atoms with Gasteiger partial charge in [0, 0.05) is 19.0 Å². The van der Waals surface area contributed by atoms with E-state index in [2.05, 4.69) is 4.52 Å². The minimum absolute atomic E-state index is 0.0937. The molecule has 1 rings (SSSR count). The van der Waals surface area contributed by atoms with Crippen LogP contribution in [0.1, 0.15) is 20.3 Å². The first kappa shape index (κ1) is 10.7. The molecule has 0 saturated carbocycles. The van der Waals surface area contributed by atoms with Gasteiger partial charge in [-0.15, -0.1) is 0 Å². The maximum Gasteiger partial charge on any atom is 0.319 e. The molecule has 80 valence electrons. The zero-order valence-corrected chi connectivity index (χ0v) is 9.57. The van der Waals surface area contributed by atoms with Gasteiger partial charge < -0.3 is 13.8 Å². The largest absolute Gasteiger partial charge is 0.382 e. The van der Waals surface area contributed by atoms with Crippen LogP contribution in [0.5, 0.6) is 0 Å². The average molecular weight is 219 g/mol. The van der Waals surface area contributed by atoms with E-state index in [1.165, 1.54) is 7.11 Å². The van der Waals surface area contributed by atoms with Crippen molar-refractivity contribution in [1.29, 1.82) is 1.28 Å². The van der Waals surface area contributed by atoms with Gasteiger partial charge in [0.25, 0.3) is 0 Å². The van der Waals surface area contributed by atoms with Crippen molar-refractivity contribution in [2.45, 2.75) is 38.5 Å². The lowest BCUT2D eigenvalue weighted by Crippen LogP contribution is -2.26. The molecule has 0 aromatic rings. The Morgan fingerprint density at radius 3 is 2.86 bits per heavy atom. The highest BCUT2D eigenvalue weighted by Crippen LogP contribution is 2.36. The summed E-state index contributed by atoms with van der Waals surface area (Å²) in [6.07, 6.45) is 0.0454. The lowest BCUT2D eigenvalue weighted by Gasteiger charge is -2.19. The highest BCUT2D eigenvalue weighted by Gasteiger charge is 2.39. The van der Waals surface area contributed by atoms with E-state index in [0.29, 0.717) is 6.42 Å². The predicted molar refractivity (Wildman–Crippen MR) is 54.8 cm³/mol. The van der Waals surface area contributed by atoms with E-state index in [0.717, 1.165) is 0 Å². The average Bonchev–Trinajstić information content (AvgIpc) is 2.45. The van der Waals surface area contributed by atoms with Crippen LogP contribution in [0.15, 0.2) is 0 Å². The number of rotatable bonds is 4. The lowest BCUT2D eigenvalue weighted by atomic mass is 9.86. The van der Waals surface area contributed by atoms with Crippen molar-refractivity contribution in [1.82, 2.24) is 0 Å². The van der Waals surface area contributed by atoms with Crippen LogP contribution >= 0.6 is 8.20 Å². The van der Waals surface area contributed by atoms with Crippen LogP contribution in [0.2, 0.25) is 0 Å². The van der Waals surface area contributed by atoms with Crippen LogP contribution < -0.4 is 0 Å². The molecule has 0 aromatic carbocycles. The molecule has 14 heavy (non-hydrogen) atoms. The van der Waals surface area contributed by atoms with E-state index >= 15 is 0 Å². The van der Waals surface area contributed by atoms with Crippen molar-refractivity contribution >= 4 is 16.0 Å². The fourth-order valence-corrected chi connectivity index (χ4v) is 2.18. The number of hydrogen-bond acceptors (Lipinski definition) is 4. The summed E-state index contributed by atoms with van der Waals surface area (Å²) in [6, 6.07) is -0.434. The molecule has 5 atom stereocenters. The van der Waals surface area contributed by atoms with Crippen molar-refractivity contribution < 1.29 is 18.3 Å². The first-order valence-electron chi connectivity index (χ1n) is 5.14. The van der Waals surface area contributed by atoms with Gasteiger partial charge in [0.05, 0.1) is 12.2 Å². The predicted octanol–water partition coefficient (Wildman–Crippen LogP) is 1.35. The molecule has 0 bridgehead atoms. The van der Waals surface area contributed by atoms with Gasteiger partial charge in [-0.05, 0) is 6.42 Å². The van der Waals surface area contributed by atoms with Crippen molar-refractivity contribution in [3.63, 3.8) is 0 Å². The summed E-state index contributed by atoms with van der Waals surface area (Å²) < 4.78 is 33.7. The Morgan fingerprint density at radius 1 is 1.71 bits per heavy atom. The fourth-order valence-electron chi connectivity index (χ4n) is 1.56. The summed E-state index contributed by atoms with van der Waals surface area (Å²) in [6.45, 7) is 3.77. The molecular formula is C8H16BO4P. The topological polar surface area (TPSA) is 44.8 Å². The quantitative estimate of drug-likeness (QED) is 0.528. The maximum absolute atomic E-state index is 11.4. The Kier molecular flexibility index (Phi) is 4.05. The molecule has 1 heterocycles. The number of ether oxygens (including phenoxy) is 1. The van der Waals surface area contributed by atoms with Gasteiger partial charge in [-0.1, -0.05) is 13.8 Å². The van der Waals surface area contributed by atoms with Crippen LogP contribution in [0.3, 0.4) is 0 Å². The smallest absolute Gasteiger partial charge is 0.319 e. The fraction of sp³-hybridized carbons (Fsp3) is 1.00. The highest BCUT2D eigenvalue weighted by molar-refractivity contribution is 7.33. The van der Waals surface area contributed by atoms with Gasteiger partial charge in [-0.25, -0.2) is 0 Å². The highest BCUT2D eigenvalue weighted by atomic mass is 31.1. The standard InChI is InChI=1S/C8H16BO4P/c1-4-6-7(13-14(10)11-3)5(2)8(9)12-6/h5-8,14H,4H2,1-3H3/i14D. The van der Waals surface area contributed by atoms with Crippen LogP contribution in [-0.4, -0.2) is 34.4 Å². The Hall–Kier alpha value is 0.175. The van der Waals surface area contributed by atoms with Crippen LogP contribution in [0.25, 0.3) is 0 Å². The van der Waals surface area contributed by atoms with Crippen LogP contribution in [-0.2, 0) is 18.3 Å². The van der Waals surface area contributed by atoms with Crippen molar-refractivity contribution in [3.05, 3.63) is 0 Å². The number of hydrogen-bond donors (Lipinski definition) is 0. The summed E-state index contributed by atoms with van der Waals surface area (Å²) in [7, 11) is 3.17. The zero-order chi connectivity index (χ0) is 11.6. The molecule has 1 aliphatic rings.